The summed E-state index contributed by atoms with van der Waals surface area (Å²) in [4.78, 5) is 26.2. The lowest BCUT2D eigenvalue weighted by Gasteiger charge is -2.20. The molecular weight excluding hydrogens is 385 g/mol. The first-order valence-electron chi connectivity index (χ1n) is 8.71. The molecule has 1 aliphatic heterocycles. The van der Waals surface area contributed by atoms with Crippen molar-refractivity contribution in [3.8, 4) is 5.75 Å². The minimum atomic E-state index is -0.788. The molecular formula is C21H19ClFNO4. The average molecular weight is 404 g/mol. The molecule has 0 aromatic heterocycles. The summed E-state index contributed by atoms with van der Waals surface area (Å²) in [5, 5.41) is 0.599. The molecule has 28 heavy (non-hydrogen) atoms. The zero-order valence-corrected chi connectivity index (χ0v) is 15.9. The van der Waals surface area contributed by atoms with Gasteiger partial charge in [0.25, 0.3) is 0 Å². The molecule has 5 nitrogen and oxygen atoms in total. The van der Waals surface area contributed by atoms with Gasteiger partial charge in [0, 0.05) is 17.5 Å². The van der Waals surface area contributed by atoms with Crippen molar-refractivity contribution in [2.75, 3.05) is 13.7 Å². The minimum absolute atomic E-state index is 0.0853. The van der Waals surface area contributed by atoms with E-state index in [2.05, 4.69) is 0 Å². The van der Waals surface area contributed by atoms with E-state index in [-0.39, 0.29) is 24.6 Å². The molecule has 0 N–H and O–H groups in total. The van der Waals surface area contributed by atoms with E-state index in [9.17, 15) is 14.0 Å². The van der Waals surface area contributed by atoms with Crippen LogP contribution in [0.5, 0.6) is 5.75 Å². The summed E-state index contributed by atoms with van der Waals surface area (Å²) in [6, 6.07) is 12.2. The van der Waals surface area contributed by atoms with E-state index in [1.165, 1.54) is 30.2 Å². The first-order chi connectivity index (χ1) is 13.5. The Kier molecular flexibility index (Phi) is 6.31. The Labute approximate surface area is 167 Å². The molecule has 2 atom stereocenters. The van der Waals surface area contributed by atoms with E-state index in [0.29, 0.717) is 5.02 Å². The van der Waals surface area contributed by atoms with Gasteiger partial charge in [-0.25, -0.2) is 9.18 Å². The third-order valence-corrected chi connectivity index (χ3v) is 4.69. The van der Waals surface area contributed by atoms with Crippen LogP contribution in [0.4, 0.5) is 4.39 Å². The van der Waals surface area contributed by atoms with Crippen LogP contribution in [0.25, 0.3) is 6.08 Å². The molecule has 1 amide bonds. The van der Waals surface area contributed by atoms with Crippen molar-refractivity contribution < 1.29 is 23.5 Å². The fourth-order valence-electron chi connectivity index (χ4n) is 3.04. The van der Waals surface area contributed by atoms with Crippen LogP contribution >= 0.6 is 11.6 Å². The second kappa shape index (κ2) is 8.89. The highest BCUT2D eigenvalue weighted by Gasteiger charge is 2.41. The average Bonchev–Trinajstić information content (AvgIpc) is 3.12. The number of esters is 1. The first-order valence-corrected chi connectivity index (χ1v) is 9.09. The molecule has 0 spiro atoms. The highest BCUT2D eigenvalue weighted by Crippen LogP contribution is 2.26. The Morgan fingerprint density at radius 2 is 1.89 bits per heavy atom. The van der Waals surface area contributed by atoms with Crippen LogP contribution in [0.15, 0.2) is 54.6 Å². The van der Waals surface area contributed by atoms with Gasteiger partial charge in [0.1, 0.15) is 12.1 Å². The van der Waals surface area contributed by atoms with Crippen LogP contribution in [-0.4, -0.2) is 42.6 Å². The van der Waals surface area contributed by atoms with Gasteiger partial charge in [-0.15, -0.1) is 0 Å². The number of likely N-dealkylation sites (tertiary alicyclic amines) is 1. The fraction of sp³-hybridized carbons (Fsp3) is 0.238. The first kappa shape index (κ1) is 19.9. The molecule has 0 aliphatic carbocycles. The summed E-state index contributed by atoms with van der Waals surface area (Å²) >= 11 is 5.85. The van der Waals surface area contributed by atoms with Crippen LogP contribution in [-0.2, 0) is 14.3 Å². The smallest absolute Gasteiger partial charge is 0.328 e. The lowest BCUT2D eigenvalue weighted by atomic mass is 10.2. The number of carbonyl (C=O) groups excluding carboxylic acids is 2. The molecule has 2 aromatic rings. The standard InChI is InChI=1S/C21H19ClFNO4/c1-27-21(26)18-12-16(28-19-5-3-2-4-17(19)23)13-24(18)20(25)11-8-14-6-9-15(22)10-7-14/h2-11,16,18H,12-13H2,1H3/b11-8+. The Bertz CT molecular complexity index is 884. The van der Waals surface area contributed by atoms with Crippen molar-refractivity contribution >= 4 is 29.6 Å². The van der Waals surface area contributed by atoms with Gasteiger partial charge in [-0.3, -0.25) is 4.79 Å². The van der Waals surface area contributed by atoms with E-state index >= 15 is 0 Å². The maximum Gasteiger partial charge on any atom is 0.328 e. The summed E-state index contributed by atoms with van der Waals surface area (Å²) in [7, 11) is 1.26. The Hall–Kier alpha value is -2.86. The van der Waals surface area contributed by atoms with E-state index in [1.54, 1.807) is 42.5 Å². The summed E-state index contributed by atoms with van der Waals surface area (Å²) in [6.45, 7) is 0.151. The number of methoxy groups -OCH3 is 1. The number of carbonyl (C=O) groups is 2. The highest BCUT2D eigenvalue weighted by atomic mass is 35.5. The van der Waals surface area contributed by atoms with Gasteiger partial charge in [-0.05, 0) is 35.9 Å². The number of amides is 1. The molecule has 1 saturated heterocycles. The molecule has 0 bridgehead atoms. The van der Waals surface area contributed by atoms with Gasteiger partial charge >= 0.3 is 5.97 Å². The maximum atomic E-state index is 13.8. The van der Waals surface area contributed by atoms with Gasteiger partial charge in [0.05, 0.1) is 13.7 Å². The van der Waals surface area contributed by atoms with Gasteiger partial charge in [0.15, 0.2) is 11.6 Å². The highest BCUT2D eigenvalue weighted by molar-refractivity contribution is 6.30. The van der Waals surface area contributed by atoms with Crippen LogP contribution < -0.4 is 4.74 Å². The largest absolute Gasteiger partial charge is 0.485 e. The summed E-state index contributed by atoms with van der Waals surface area (Å²) in [5.74, 6) is -1.30. The monoisotopic (exact) mass is 403 g/mol. The predicted molar refractivity (Wildman–Crippen MR) is 103 cm³/mol. The zero-order chi connectivity index (χ0) is 20.1. The molecule has 1 aliphatic rings. The Balaban J connectivity index is 1.73. The van der Waals surface area contributed by atoms with Crippen molar-refractivity contribution in [3.05, 3.63) is 71.0 Å². The van der Waals surface area contributed by atoms with Crippen LogP contribution in [0.3, 0.4) is 0 Å². The SMILES string of the molecule is COC(=O)C1CC(Oc2ccccc2F)CN1C(=O)/C=C/c1ccc(Cl)cc1. The second-order valence-electron chi connectivity index (χ2n) is 6.32. The van der Waals surface area contributed by atoms with Gasteiger partial charge in [0.2, 0.25) is 5.91 Å². The third kappa shape index (κ3) is 4.70. The molecule has 0 saturated carbocycles. The quantitative estimate of drug-likeness (QED) is 0.564. The number of nitrogens with zero attached hydrogens (tertiary/aromatic N) is 1. The number of halogens is 2. The molecule has 0 radical (unpaired) electrons. The molecule has 146 valence electrons. The number of hydrogen-bond acceptors (Lipinski definition) is 4. The zero-order valence-electron chi connectivity index (χ0n) is 15.2. The third-order valence-electron chi connectivity index (χ3n) is 4.44. The van der Waals surface area contributed by atoms with Crippen molar-refractivity contribution in [3.63, 3.8) is 0 Å². The molecule has 2 unspecified atom stereocenters. The number of hydrogen-bond donors (Lipinski definition) is 0. The molecule has 2 aromatic carbocycles. The maximum absolute atomic E-state index is 13.8. The van der Waals surface area contributed by atoms with E-state index in [4.69, 9.17) is 21.1 Å². The Morgan fingerprint density at radius 3 is 2.57 bits per heavy atom. The van der Waals surface area contributed by atoms with Crippen molar-refractivity contribution in [1.82, 2.24) is 4.90 Å². The number of rotatable bonds is 5. The number of para-hydroxylation sites is 1. The van der Waals surface area contributed by atoms with Crippen LogP contribution in [0.2, 0.25) is 5.02 Å². The lowest BCUT2D eigenvalue weighted by Crippen LogP contribution is -2.40. The van der Waals surface area contributed by atoms with Crippen LogP contribution in [0.1, 0.15) is 12.0 Å². The van der Waals surface area contributed by atoms with Crippen molar-refractivity contribution in [2.24, 2.45) is 0 Å². The van der Waals surface area contributed by atoms with E-state index in [1.807, 2.05) is 0 Å². The Morgan fingerprint density at radius 1 is 1.18 bits per heavy atom. The minimum Gasteiger partial charge on any atom is -0.485 e. The lowest BCUT2D eigenvalue weighted by molar-refractivity contribution is -0.149. The number of ether oxygens (including phenoxy) is 2. The topological polar surface area (TPSA) is 55.8 Å². The molecule has 7 heteroatoms. The summed E-state index contributed by atoms with van der Waals surface area (Å²) in [6.07, 6.45) is 2.72. The molecule has 1 fully saturated rings. The van der Waals surface area contributed by atoms with Gasteiger partial charge in [-0.2, -0.15) is 0 Å². The van der Waals surface area contributed by atoms with Gasteiger partial charge < -0.3 is 14.4 Å². The van der Waals surface area contributed by atoms with Crippen molar-refractivity contribution in [2.45, 2.75) is 18.6 Å². The van der Waals surface area contributed by atoms with Crippen molar-refractivity contribution in [1.29, 1.82) is 0 Å². The summed E-state index contributed by atoms with van der Waals surface area (Å²) < 4.78 is 24.3. The second-order valence-corrected chi connectivity index (χ2v) is 6.76. The summed E-state index contributed by atoms with van der Waals surface area (Å²) in [5.41, 5.74) is 0.797. The van der Waals surface area contributed by atoms with E-state index in [0.717, 1.165) is 5.56 Å². The van der Waals surface area contributed by atoms with Gasteiger partial charge in [-0.1, -0.05) is 35.9 Å². The van der Waals surface area contributed by atoms with Crippen LogP contribution in [0, 0.1) is 5.82 Å². The molecule has 1 heterocycles. The normalized spacial score (nSPS) is 19.0. The predicted octanol–water partition coefficient (Wildman–Crippen LogP) is 3.71. The molecule has 3 rings (SSSR count). The fourth-order valence-corrected chi connectivity index (χ4v) is 3.17. The van der Waals surface area contributed by atoms with E-state index < -0.39 is 23.9 Å². The number of benzene rings is 2.